The van der Waals surface area contributed by atoms with Gasteiger partial charge >= 0.3 is 5.97 Å². The summed E-state index contributed by atoms with van der Waals surface area (Å²) in [7, 11) is 0. The molecule has 2 atom stereocenters. The molecule has 5 heteroatoms. The molecule has 19 heavy (non-hydrogen) atoms. The Hall–Kier alpha value is -1.10. The van der Waals surface area contributed by atoms with Crippen LogP contribution >= 0.6 is 0 Å². The fraction of sp³-hybridized carbons (Fsp3) is 0.857. The van der Waals surface area contributed by atoms with Crippen molar-refractivity contribution >= 4 is 11.9 Å². The zero-order chi connectivity index (χ0) is 13.8. The van der Waals surface area contributed by atoms with Gasteiger partial charge < -0.3 is 15.1 Å². The molecule has 0 bridgehead atoms. The van der Waals surface area contributed by atoms with E-state index < -0.39 is 18.1 Å². The molecule has 1 heterocycles. The lowest BCUT2D eigenvalue weighted by molar-refractivity contribution is -0.158. The third-order valence-electron chi connectivity index (χ3n) is 4.42. The largest absolute Gasteiger partial charge is 0.480 e. The Balaban J connectivity index is 2.01. The minimum absolute atomic E-state index is 0.0117. The Kier molecular flexibility index (Phi) is 4.80. The number of amides is 1. The van der Waals surface area contributed by atoms with Gasteiger partial charge in [-0.2, -0.15) is 0 Å². The number of hydrogen-bond donors (Lipinski definition) is 2. The number of nitrogens with zero attached hydrogens (tertiary/aromatic N) is 1. The van der Waals surface area contributed by atoms with Gasteiger partial charge in [-0.3, -0.25) is 4.79 Å². The van der Waals surface area contributed by atoms with Crippen LogP contribution in [-0.4, -0.2) is 45.7 Å². The number of carbonyl (C=O) groups excluding carboxylic acids is 1. The van der Waals surface area contributed by atoms with Crippen molar-refractivity contribution in [3.63, 3.8) is 0 Å². The van der Waals surface area contributed by atoms with Gasteiger partial charge in [0.15, 0.2) is 0 Å². The maximum atomic E-state index is 12.3. The van der Waals surface area contributed by atoms with Gasteiger partial charge in [-0.1, -0.05) is 19.3 Å². The molecule has 2 fully saturated rings. The quantitative estimate of drug-likeness (QED) is 0.811. The molecule has 2 unspecified atom stereocenters. The number of aliphatic carboxylic acids is 1. The van der Waals surface area contributed by atoms with Crippen molar-refractivity contribution in [1.29, 1.82) is 0 Å². The van der Waals surface area contributed by atoms with Crippen LogP contribution in [0.15, 0.2) is 0 Å². The van der Waals surface area contributed by atoms with E-state index in [1.165, 1.54) is 11.3 Å². The smallest absolute Gasteiger partial charge is 0.326 e. The molecule has 1 saturated carbocycles. The molecule has 0 aromatic heterocycles. The third-order valence-corrected chi connectivity index (χ3v) is 4.42. The first-order valence-electron chi connectivity index (χ1n) is 7.32. The summed E-state index contributed by atoms with van der Waals surface area (Å²) in [6.07, 6.45) is 6.16. The lowest BCUT2D eigenvalue weighted by Gasteiger charge is -2.36. The number of carboxylic acids is 1. The summed E-state index contributed by atoms with van der Waals surface area (Å²) in [6, 6.07) is -0.750. The van der Waals surface area contributed by atoms with Gasteiger partial charge in [0.25, 0.3) is 5.91 Å². The van der Waals surface area contributed by atoms with Crippen molar-refractivity contribution in [3.05, 3.63) is 0 Å². The Morgan fingerprint density at radius 2 is 1.63 bits per heavy atom. The second-order valence-corrected chi connectivity index (χ2v) is 5.72. The molecule has 2 N–H and O–H groups in total. The summed E-state index contributed by atoms with van der Waals surface area (Å²) in [5.41, 5.74) is 0. The molecule has 1 saturated heterocycles. The highest BCUT2D eigenvalue weighted by molar-refractivity contribution is 5.86. The molecular weight excluding hydrogens is 246 g/mol. The topological polar surface area (TPSA) is 77.8 Å². The Labute approximate surface area is 113 Å². The monoisotopic (exact) mass is 269 g/mol. The predicted octanol–water partition coefficient (Wildman–Crippen LogP) is 1.39. The van der Waals surface area contributed by atoms with Crippen molar-refractivity contribution in [3.8, 4) is 0 Å². The number of carbonyl (C=O) groups is 2. The number of likely N-dealkylation sites (tertiary alicyclic amines) is 1. The van der Waals surface area contributed by atoms with Crippen LogP contribution in [0.1, 0.15) is 51.4 Å². The van der Waals surface area contributed by atoms with Crippen molar-refractivity contribution in [2.24, 2.45) is 5.92 Å². The van der Waals surface area contributed by atoms with Crippen molar-refractivity contribution in [2.45, 2.75) is 63.5 Å². The van der Waals surface area contributed by atoms with E-state index in [9.17, 15) is 19.8 Å². The fourth-order valence-corrected chi connectivity index (χ4v) is 3.27. The van der Waals surface area contributed by atoms with Gasteiger partial charge in [-0.05, 0) is 38.0 Å². The van der Waals surface area contributed by atoms with E-state index in [0.29, 0.717) is 13.0 Å². The average molecular weight is 269 g/mol. The van der Waals surface area contributed by atoms with Crippen LogP contribution < -0.4 is 0 Å². The van der Waals surface area contributed by atoms with Gasteiger partial charge in [0, 0.05) is 6.54 Å². The van der Waals surface area contributed by atoms with E-state index in [2.05, 4.69) is 0 Å². The number of aliphatic hydroxyl groups excluding tert-OH is 1. The van der Waals surface area contributed by atoms with Crippen LogP contribution in [0.25, 0.3) is 0 Å². The van der Waals surface area contributed by atoms with Crippen LogP contribution in [0.3, 0.4) is 0 Å². The Bertz CT molecular complexity index is 338. The normalized spacial score (nSPS) is 27.0. The minimum Gasteiger partial charge on any atom is -0.480 e. The molecule has 1 amide bonds. The molecule has 1 aliphatic heterocycles. The summed E-state index contributed by atoms with van der Waals surface area (Å²) in [4.78, 5) is 24.9. The molecular formula is C14H23NO4. The summed E-state index contributed by atoms with van der Waals surface area (Å²) in [5.74, 6) is -1.32. The second kappa shape index (κ2) is 6.37. The summed E-state index contributed by atoms with van der Waals surface area (Å²) >= 11 is 0. The lowest BCUT2D eigenvalue weighted by atomic mass is 9.84. The Morgan fingerprint density at radius 3 is 2.26 bits per heavy atom. The molecule has 2 rings (SSSR count). The average Bonchev–Trinajstić information content (AvgIpc) is 2.46. The Morgan fingerprint density at radius 1 is 1.00 bits per heavy atom. The number of rotatable bonds is 3. The standard InChI is InChI=1S/C14H23NO4/c16-12(10-6-2-1-3-7-10)13(17)15-9-5-4-8-11(15)14(18)19/h10-12,16H,1-9H2,(H,18,19). The number of hydrogen-bond acceptors (Lipinski definition) is 3. The van der Waals surface area contributed by atoms with E-state index in [1.807, 2.05) is 0 Å². The highest BCUT2D eigenvalue weighted by Gasteiger charge is 2.37. The van der Waals surface area contributed by atoms with Gasteiger partial charge in [-0.25, -0.2) is 4.79 Å². The highest BCUT2D eigenvalue weighted by Crippen LogP contribution is 2.28. The van der Waals surface area contributed by atoms with Crippen LogP contribution in [0.4, 0.5) is 0 Å². The summed E-state index contributed by atoms with van der Waals surface area (Å²) in [6.45, 7) is 0.458. The van der Waals surface area contributed by atoms with Gasteiger partial charge in [0.05, 0.1) is 0 Å². The zero-order valence-electron chi connectivity index (χ0n) is 11.3. The molecule has 1 aliphatic carbocycles. The maximum Gasteiger partial charge on any atom is 0.326 e. The van der Waals surface area contributed by atoms with Crippen molar-refractivity contribution in [1.82, 2.24) is 4.90 Å². The van der Waals surface area contributed by atoms with Crippen LogP contribution in [0, 0.1) is 5.92 Å². The number of piperidine rings is 1. The van der Waals surface area contributed by atoms with E-state index >= 15 is 0 Å². The van der Waals surface area contributed by atoms with E-state index in [1.54, 1.807) is 0 Å². The van der Waals surface area contributed by atoms with Gasteiger partial charge in [0.2, 0.25) is 0 Å². The summed E-state index contributed by atoms with van der Waals surface area (Å²) < 4.78 is 0. The van der Waals surface area contributed by atoms with E-state index in [-0.39, 0.29) is 11.8 Å². The van der Waals surface area contributed by atoms with Crippen molar-refractivity contribution in [2.75, 3.05) is 6.54 Å². The molecule has 108 valence electrons. The first-order valence-corrected chi connectivity index (χ1v) is 7.32. The maximum absolute atomic E-state index is 12.3. The van der Waals surface area contributed by atoms with Gasteiger partial charge in [-0.15, -0.1) is 0 Å². The molecule has 0 spiro atoms. The SMILES string of the molecule is O=C(O)C1CCCCN1C(=O)C(O)C1CCCCC1. The molecule has 2 aliphatic rings. The van der Waals surface area contributed by atoms with Crippen LogP contribution in [0.5, 0.6) is 0 Å². The van der Waals surface area contributed by atoms with E-state index in [4.69, 9.17) is 0 Å². The third kappa shape index (κ3) is 3.26. The van der Waals surface area contributed by atoms with Crippen molar-refractivity contribution < 1.29 is 19.8 Å². The zero-order valence-corrected chi connectivity index (χ0v) is 11.3. The van der Waals surface area contributed by atoms with Crippen LogP contribution in [-0.2, 0) is 9.59 Å². The molecule has 0 aromatic carbocycles. The molecule has 0 radical (unpaired) electrons. The number of aliphatic hydroxyl groups is 1. The highest BCUT2D eigenvalue weighted by atomic mass is 16.4. The fourth-order valence-electron chi connectivity index (χ4n) is 3.27. The van der Waals surface area contributed by atoms with E-state index in [0.717, 1.165) is 38.5 Å². The van der Waals surface area contributed by atoms with Crippen LogP contribution in [0.2, 0.25) is 0 Å². The second-order valence-electron chi connectivity index (χ2n) is 5.72. The summed E-state index contributed by atoms with van der Waals surface area (Å²) in [5, 5.41) is 19.4. The molecule has 5 nitrogen and oxygen atoms in total. The number of carboxylic acid groups (broad SMARTS) is 1. The predicted molar refractivity (Wildman–Crippen MR) is 69.6 cm³/mol. The first-order chi connectivity index (χ1) is 9.11. The minimum atomic E-state index is -1.01. The van der Waals surface area contributed by atoms with Gasteiger partial charge in [0.1, 0.15) is 12.1 Å². The lowest BCUT2D eigenvalue weighted by Crippen LogP contribution is -2.53. The molecule has 0 aromatic rings. The first kappa shape index (κ1) is 14.3.